The summed E-state index contributed by atoms with van der Waals surface area (Å²) in [4.78, 5) is 0. The zero-order valence-electron chi connectivity index (χ0n) is 10.1. The van der Waals surface area contributed by atoms with Crippen molar-refractivity contribution in [1.29, 1.82) is 0 Å². The van der Waals surface area contributed by atoms with E-state index in [-0.39, 0.29) is 0 Å². The molecule has 2 saturated carbocycles. The lowest BCUT2D eigenvalue weighted by Crippen LogP contribution is -2.27. The van der Waals surface area contributed by atoms with Gasteiger partial charge in [-0.25, -0.2) is 0 Å². The topological polar surface area (TPSA) is 9.23 Å². The van der Waals surface area contributed by atoms with Gasteiger partial charge < -0.3 is 4.74 Å². The molecule has 2 aliphatic rings. The van der Waals surface area contributed by atoms with Crippen LogP contribution in [-0.4, -0.2) is 12.7 Å². The highest BCUT2D eigenvalue weighted by molar-refractivity contribution is 4.84. The monoisotopic (exact) mass is 209 g/mol. The van der Waals surface area contributed by atoms with Crippen molar-refractivity contribution in [1.82, 2.24) is 0 Å². The smallest absolute Gasteiger partial charge is 0.0575 e. The lowest BCUT2D eigenvalue weighted by Gasteiger charge is -2.35. The van der Waals surface area contributed by atoms with Gasteiger partial charge in [0.2, 0.25) is 0 Å². The average Bonchev–Trinajstić information content (AvgIpc) is 2.32. The second kappa shape index (κ2) is 5.89. The maximum atomic E-state index is 5.71. The van der Waals surface area contributed by atoms with E-state index in [2.05, 4.69) is 13.3 Å². The summed E-state index contributed by atoms with van der Waals surface area (Å²) >= 11 is 0. The van der Waals surface area contributed by atoms with E-state index in [0.29, 0.717) is 6.10 Å². The number of hydrogen-bond acceptors (Lipinski definition) is 1. The summed E-state index contributed by atoms with van der Waals surface area (Å²) in [5, 5.41) is 0. The Morgan fingerprint density at radius 2 is 1.53 bits per heavy atom. The highest BCUT2D eigenvalue weighted by Crippen LogP contribution is 2.38. The van der Waals surface area contributed by atoms with Crippen LogP contribution in [0.3, 0.4) is 0 Å². The molecule has 0 heterocycles. The van der Waals surface area contributed by atoms with Crippen LogP contribution in [0.2, 0.25) is 0 Å². The zero-order chi connectivity index (χ0) is 10.5. The molecule has 0 saturated heterocycles. The Balaban J connectivity index is 1.72. The first-order valence-corrected chi connectivity index (χ1v) is 6.83. The molecular formula is C14H25O. The highest BCUT2D eigenvalue weighted by Gasteiger charge is 2.28. The minimum absolute atomic E-state index is 0.585. The second-order valence-electron chi connectivity index (χ2n) is 5.20. The Morgan fingerprint density at radius 1 is 0.933 bits per heavy atom. The van der Waals surface area contributed by atoms with Gasteiger partial charge in [-0.3, -0.25) is 0 Å². The fourth-order valence-electron chi connectivity index (χ4n) is 3.39. The summed E-state index contributed by atoms with van der Waals surface area (Å²) in [5.74, 6) is 2.06. The van der Waals surface area contributed by atoms with Crippen molar-refractivity contribution in [3.8, 4) is 0 Å². The second-order valence-corrected chi connectivity index (χ2v) is 5.20. The first-order valence-electron chi connectivity index (χ1n) is 6.83. The van der Waals surface area contributed by atoms with Crippen LogP contribution in [0.1, 0.15) is 58.3 Å². The molecule has 15 heavy (non-hydrogen) atoms. The van der Waals surface area contributed by atoms with Crippen LogP contribution < -0.4 is 0 Å². The molecule has 2 fully saturated rings. The molecule has 0 aliphatic heterocycles. The standard InChI is InChI=1S/C14H25O/c1-2-15-14-10-8-13(9-11-14)12-6-4-3-5-7-12/h3,12-14H,2,4-11H2,1H3. The minimum Gasteiger partial charge on any atom is -0.379 e. The number of ether oxygens (including phenoxy) is 1. The molecule has 0 bridgehead atoms. The van der Waals surface area contributed by atoms with Crippen LogP contribution in [-0.2, 0) is 4.74 Å². The summed E-state index contributed by atoms with van der Waals surface area (Å²) < 4.78 is 5.71. The highest BCUT2D eigenvalue weighted by atomic mass is 16.5. The van der Waals surface area contributed by atoms with E-state index < -0.39 is 0 Å². The van der Waals surface area contributed by atoms with Gasteiger partial charge in [-0.05, 0) is 76.5 Å². The fraction of sp³-hybridized carbons (Fsp3) is 0.929. The summed E-state index contributed by atoms with van der Waals surface area (Å²) in [6, 6.07) is 0. The first-order chi connectivity index (χ1) is 7.40. The van der Waals surface area contributed by atoms with E-state index in [4.69, 9.17) is 4.74 Å². The molecule has 0 atom stereocenters. The van der Waals surface area contributed by atoms with E-state index in [0.717, 1.165) is 18.4 Å². The third kappa shape index (κ3) is 3.21. The summed E-state index contributed by atoms with van der Waals surface area (Å²) in [6.07, 6.45) is 14.2. The van der Waals surface area contributed by atoms with Crippen LogP contribution in [0.15, 0.2) is 0 Å². The van der Waals surface area contributed by atoms with Gasteiger partial charge in [0, 0.05) is 6.61 Å². The van der Waals surface area contributed by atoms with Crippen LogP contribution in [0.25, 0.3) is 0 Å². The van der Waals surface area contributed by atoms with E-state index in [1.54, 1.807) is 0 Å². The summed E-state index contributed by atoms with van der Waals surface area (Å²) in [5.41, 5.74) is 0. The number of rotatable bonds is 3. The van der Waals surface area contributed by atoms with Gasteiger partial charge in [0.1, 0.15) is 0 Å². The van der Waals surface area contributed by atoms with Crippen molar-refractivity contribution in [2.45, 2.75) is 64.4 Å². The maximum Gasteiger partial charge on any atom is 0.0575 e. The molecule has 1 radical (unpaired) electrons. The van der Waals surface area contributed by atoms with Gasteiger partial charge in [-0.1, -0.05) is 0 Å². The molecule has 0 N–H and O–H groups in total. The van der Waals surface area contributed by atoms with Gasteiger partial charge in [0.15, 0.2) is 0 Å². The fourth-order valence-corrected chi connectivity index (χ4v) is 3.39. The molecule has 0 unspecified atom stereocenters. The van der Waals surface area contributed by atoms with Crippen molar-refractivity contribution in [2.75, 3.05) is 6.61 Å². The first kappa shape index (κ1) is 11.4. The molecule has 0 aromatic rings. The molecule has 0 spiro atoms. The Labute approximate surface area is 94.6 Å². The molecule has 1 nitrogen and oxygen atoms in total. The minimum atomic E-state index is 0.585. The molecular weight excluding hydrogens is 184 g/mol. The van der Waals surface area contributed by atoms with Crippen molar-refractivity contribution < 1.29 is 4.74 Å². The van der Waals surface area contributed by atoms with Crippen molar-refractivity contribution in [2.24, 2.45) is 11.8 Å². The summed E-state index contributed by atoms with van der Waals surface area (Å²) in [6.45, 7) is 3.01. The molecule has 2 aliphatic carbocycles. The number of hydrogen-bond donors (Lipinski definition) is 0. The van der Waals surface area contributed by atoms with Crippen LogP contribution in [0, 0.1) is 18.3 Å². The SMILES string of the molecule is CCOC1CCC(C2CC[CH]CC2)CC1. The molecule has 0 aromatic carbocycles. The van der Waals surface area contributed by atoms with Crippen LogP contribution in [0.4, 0.5) is 0 Å². The molecule has 0 amide bonds. The molecule has 0 aromatic heterocycles. The van der Waals surface area contributed by atoms with E-state index >= 15 is 0 Å². The van der Waals surface area contributed by atoms with E-state index in [1.165, 1.54) is 51.4 Å². The van der Waals surface area contributed by atoms with Crippen molar-refractivity contribution >= 4 is 0 Å². The Hall–Kier alpha value is -0.0400. The largest absolute Gasteiger partial charge is 0.379 e. The predicted octanol–water partition coefficient (Wildman–Crippen LogP) is 3.98. The zero-order valence-corrected chi connectivity index (χ0v) is 10.1. The predicted molar refractivity (Wildman–Crippen MR) is 63.6 cm³/mol. The molecule has 1 heteroatoms. The van der Waals surface area contributed by atoms with Crippen molar-refractivity contribution in [3.05, 3.63) is 6.42 Å². The Bertz CT molecular complexity index is 164. The van der Waals surface area contributed by atoms with Gasteiger partial charge >= 0.3 is 0 Å². The third-order valence-corrected chi connectivity index (χ3v) is 4.27. The van der Waals surface area contributed by atoms with Gasteiger partial charge in [0.05, 0.1) is 6.10 Å². The maximum absolute atomic E-state index is 5.71. The Kier molecular flexibility index (Phi) is 4.49. The third-order valence-electron chi connectivity index (χ3n) is 4.27. The lowest BCUT2D eigenvalue weighted by molar-refractivity contribution is 0.0159. The van der Waals surface area contributed by atoms with Gasteiger partial charge in [-0.2, -0.15) is 0 Å². The van der Waals surface area contributed by atoms with E-state index in [9.17, 15) is 0 Å². The lowest BCUT2D eigenvalue weighted by atomic mass is 9.73. The van der Waals surface area contributed by atoms with Gasteiger partial charge in [-0.15, -0.1) is 0 Å². The Morgan fingerprint density at radius 3 is 2.13 bits per heavy atom. The van der Waals surface area contributed by atoms with Crippen LogP contribution >= 0.6 is 0 Å². The molecule has 2 rings (SSSR count). The quantitative estimate of drug-likeness (QED) is 0.683. The van der Waals surface area contributed by atoms with Crippen molar-refractivity contribution in [3.63, 3.8) is 0 Å². The van der Waals surface area contributed by atoms with Gasteiger partial charge in [0.25, 0.3) is 0 Å². The van der Waals surface area contributed by atoms with Crippen LogP contribution in [0.5, 0.6) is 0 Å². The van der Waals surface area contributed by atoms with E-state index in [1.807, 2.05) is 0 Å². The normalized spacial score (nSPS) is 34.2. The average molecular weight is 209 g/mol. The summed E-state index contributed by atoms with van der Waals surface area (Å²) in [7, 11) is 0. The molecule has 87 valence electrons.